The van der Waals surface area contributed by atoms with E-state index in [-0.39, 0.29) is 35.0 Å². The number of hydrogen-bond acceptors (Lipinski definition) is 6. The highest BCUT2D eigenvalue weighted by Gasteiger charge is 2.22. The normalized spacial score (nSPS) is 12.7. The molecule has 0 aliphatic rings. The molecule has 1 atom stereocenters. The molecule has 0 fully saturated rings. The summed E-state index contributed by atoms with van der Waals surface area (Å²) < 4.78 is 30.0. The average Bonchev–Trinajstić information content (AvgIpc) is 2.95. The van der Waals surface area contributed by atoms with Crippen LogP contribution in [0.4, 0.5) is 0 Å². The molecule has 23 heavy (non-hydrogen) atoms. The van der Waals surface area contributed by atoms with Crippen molar-refractivity contribution in [3.8, 4) is 11.5 Å². The van der Waals surface area contributed by atoms with Crippen LogP contribution in [0.15, 0.2) is 33.7 Å². The highest BCUT2D eigenvalue weighted by atomic mass is 35.5. The molecule has 1 heterocycles. The summed E-state index contributed by atoms with van der Waals surface area (Å²) in [5.41, 5.74) is 0.465. The molecule has 8 heteroatoms. The molecule has 2 aromatic rings. The molecule has 2 rings (SSSR count). The van der Waals surface area contributed by atoms with Crippen molar-refractivity contribution in [1.29, 1.82) is 0 Å². The second kappa shape index (κ2) is 8.42. The Bertz CT molecular complexity index is 731. The molecule has 1 unspecified atom stereocenters. The van der Waals surface area contributed by atoms with Gasteiger partial charge in [0, 0.05) is 12.5 Å². The summed E-state index contributed by atoms with van der Waals surface area (Å²) in [6, 6.07) is 6.96. The van der Waals surface area contributed by atoms with E-state index in [0.717, 1.165) is 0 Å². The van der Waals surface area contributed by atoms with Gasteiger partial charge in [-0.2, -0.15) is 4.98 Å². The average molecular weight is 360 g/mol. The van der Waals surface area contributed by atoms with Gasteiger partial charge in [-0.25, -0.2) is 8.42 Å². The number of aromatic nitrogens is 2. The number of benzene rings is 1. The number of halogens is 1. The lowest BCUT2D eigenvalue weighted by Crippen LogP contribution is -2.24. The Morgan fingerprint density at radius 1 is 1.30 bits per heavy atom. The predicted octanol–water partition coefficient (Wildman–Crippen LogP) is 2.49. The maximum absolute atomic E-state index is 12.4. The quantitative estimate of drug-likeness (QED) is 0.817. The summed E-state index contributed by atoms with van der Waals surface area (Å²) in [5, 5.41) is 7.03. The van der Waals surface area contributed by atoms with Gasteiger partial charge < -0.3 is 9.84 Å². The first-order valence-electron chi connectivity index (χ1n) is 7.30. The van der Waals surface area contributed by atoms with Crippen molar-refractivity contribution >= 4 is 22.2 Å². The highest BCUT2D eigenvalue weighted by Crippen LogP contribution is 2.27. The van der Waals surface area contributed by atoms with Crippen LogP contribution in [0.2, 0.25) is 0 Å². The number of likely N-dealkylation sites (N-methyl/N-ethyl adjacent to an activating group) is 1. The number of rotatable bonds is 7. The second-order valence-electron chi connectivity index (χ2n) is 5.22. The number of nitrogens with zero attached hydrogens (tertiary/aromatic N) is 2. The first-order valence-corrected chi connectivity index (χ1v) is 8.95. The van der Waals surface area contributed by atoms with Gasteiger partial charge in [-0.1, -0.05) is 24.2 Å². The Morgan fingerprint density at radius 2 is 2.00 bits per heavy atom. The predicted molar refractivity (Wildman–Crippen MR) is 91.6 cm³/mol. The van der Waals surface area contributed by atoms with Gasteiger partial charge in [0.2, 0.25) is 0 Å². The molecule has 0 saturated carbocycles. The summed E-state index contributed by atoms with van der Waals surface area (Å²) in [6.45, 7) is 3.85. The summed E-state index contributed by atoms with van der Waals surface area (Å²) >= 11 is 0. The smallest absolute Gasteiger partial charge is 0.259 e. The molecule has 0 spiro atoms. The molecule has 0 saturated heterocycles. The summed E-state index contributed by atoms with van der Waals surface area (Å²) in [7, 11) is -1.49. The zero-order valence-corrected chi connectivity index (χ0v) is 15.1. The number of nitrogens with one attached hydrogen (secondary N) is 1. The minimum Gasteiger partial charge on any atom is -0.334 e. The fourth-order valence-corrected chi connectivity index (χ4v) is 3.65. The molecule has 1 N–H and O–H groups in total. The van der Waals surface area contributed by atoms with E-state index in [1.54, 1.807) is 24.3 Å². The minimum absolute atomic E-state index is 0. The lowest BCUT2D eigenvalue weighted by atomic mass is 10.2. The van der Waals surface area contributed by atoms with Crippen LogP contribution in [0.3, 0.4) is 0 Å². The molecular weight excluding hydrogens is 338 g/mol. The van der Waals surface area contributed by atoms with Crippen molar-refractivity contribution < 1.29 is 12.9 Å². The molecule has 1 aromatic heterocycles. The van der Waals surface area contributed by atoms with Crippen LogP contribution in [-0.4, -0.2) is 37.4 Å². The van der Waals surface area contributed by atoms with E-state index in [2.05, 4.69) is 15.5 Å². The van der Waals surface area contributed by atoms with Gasteiger partial charge in [-0.15, -0.1) is 12.4 Å². The topological polar surface area (TPSA) is 85.1 Å². The van der Waals surface area contributed by atoms with Crippen molar-refractivity contribution in [1.82, 2.24) is 15.5 Å². The SMILES string of the molecule is CCCS(=O)(=O)c1ccccc1-c1nc(CC(C)NC)no1.Cl. The summed E-state index contributed by atoms with van der Waals surface area (Å²) in [5.74, 6) is 0.898. The molecule has 0 aliphatic carbocycles. The summed E-state index contributed by atoms with van der Waals surface area (Å²) in [4.78, 5) is 4.56. The van der Waals surface area contributed by atoms with Crippen molar-refractivity contribution in [2.45, 2.75) is 37.6 Å². The second-order valence-corrected chi connectivity index (χ2v) is 7.30. The van der Waals surface area contributed by atoms with Crippen LogP contribution >= 0.6 is 12.4 Å². The third-order valence-electron chi connectivity index (χ3n) is 3.38. The van der Waals surface area contributed by atoms with Crippen LogP contribution in [-0.2, 0) is 16.3 Å². The van der Waals surface area contributed by atoms with Crippen LogP contribution < -0.4 is 5.32 Å². The third-order valence-corrected chi connectivity index (χ3v) is 5.35. The first-order chi connectivity index (χ1) is 10.5. The molecule has 1 aromatic carbocycles. The molecule has 0 amide bonds. The van der Waals surface area contributed by atoms with Gasteiger partial charge in [-0.05, 0) is 32.5 Å². The summed E-state index contributed by atoms with van der Waals surface area (Å²) in [6.07, 6.45) is 1.18. The zero-order valence-electron chi connectivity index (χ0n) is 13.4. The Labute approximate surface area is 143 Å². The van der Waals surface area contributed by atoms with E-state index in [4.69, 9.17) is 4.52 Å². The Morgan fingerprint density at radius 3 is 2.65 bits per heavy atom. The van der Waals surface area contributed by atoms with Gasteiger partial charge in [-0.3, -0.25) is 0 Å². The zero-order chi connectivity index (χ0) is 16.2. The van der Waals surface area contributed by atoms with Gasteiger partial charge in [0.15, 0.2) is 15.7 Å². The van der Waals surface area contributed by atoms with Crippen molar-refractivity contribution in [3.63, 3.8) is 0 Å². The molecule has 0 aliphatic heterocycles. The van der Waals surface area contributed by atoms with E-state index in [1.807, 2.05) is 20.9 Å². The third kappa shape index (κ3) is 4.76. The monoisotopic (exact) mass is 359 g/mol. The van der Waals surface area contributed by atoms with Gasteiger partial charge in [0.05, 0.1) is 16.2 Å². The van der Waals surface area contributed by atoms with E-state index >= 15 is 0 Å². The van der Waals surface area contributed by atoms with Crippen LogP contribution in [0.1, 0.15) is 26.1 Å². The minimum atomic E-state index is -3.35. The van der Waals surface area contributed by atoms with E-state index in [9.17, 15) is 8.42 Å². The Balaban J connectivity index is 0.00000264. The standard InChI is InChI=1S/C15H21N3O3S.ClH/c1-4-9-22(19,20)13-8-6-5-7-12(13)15-17-14(18-21-15)10-11(2)16-3;/h5-8,11,16H,4,9-10H2,1-3H3;1H. The largest absolute Gasteiger partial charge is 0.334 e. The van der Waals surface area contributed by atoms with Crippen molar-refractivity contribution in [3.05, 3.63) is 30.1 Å². The van der Waals surface area contributed by atoms with Gasteiger partial charge in [0.25, 0.3) is 5.89 Å². The van der Waals surface area contributed by atoms with Gasteiger partial charge in [0.1, 0.15) is 0 Å². The fraction of sp³-hybridized carbons (Fsp3) is 0.467. The molecular formula is C15H22ClN3O3S. The van der Waals surface area contributed by atoms with E-state index in [0.29, 0.717) is 24.2 Å². The first kappa shape index (κ1) is 19.6. The van der Waals surface area contributed by atoms with Crippen molar-refractivity contribution in [2.75, 3.05) is 12.8 Å². The lowest BCUT2D eigenvalue weighted by Gasteiger charge is -2.06. The Hall–Kier alpha value is -1.44. The number of hydrogen-bond donors (Lipinski definition) is 1. The maximum Gasteiger partial charge on any atom is 0.259 e. The van der Waals surface area contributed by atoms with Crippen molar-refractivity contribution in [2.24, 2.45) is 0 Å². The molecule has 6 nitrogen and oxygen atoms in total. The molecule has 0 radical (unpaired) electrons. The van der Waals surface area contributed by atoms with E-state index < -0.39 is 9.84 Å². The maximum atomic E-state index is 12.4. The van der Waals surface area contributed by atoms with Crippen LogP contribution in [0.25, 0.3) is 11.5 Å². The molecule has 128 valence electrons. The number of sulfone groups is 1. The molecule has 0 bridgehead atoms. The Kier molecular flexibility index (Phi) is 7.18. The van der Waals surface area contributed by atoms with Crippen LogP contribution in [0, 0.1) is 0 Å². The lowest BCUT2D eigenvalue weighted by molar-refractivity contribution is 0.417. The highest BCUT2D eigenvalue weighted by molar-refractivity contribution is 7.91. The van der Waals surface area contributed by atoms with E-state index in [1.165, 1.54) is 0 Å². The van der Waals surface area contributed by atoms with Crippen LogP contribution in [0.5, 0.6) is 0 Å². The van der Waals surface area contributed by atoms with Gasteiger partial charge >= 0.3 is 0 Å². The fourth-order valence-electron chi connectivity index (χ4n) is 2.12.